The number of rotatable bonds is 4. The van der Waals surface area contributed by atoms with Crippen LogP contribution in [-0.2, 0) is 4.79 Å². The molecule has 3 nitrogen and oxygen atoms in total. The number of carbonyl (C=O) groups is 1. The quantitative estimate of drug-likeness (QED) is 0.631. The zero-order valence-electron chi connectivity index (χ0n) is 9.92. The van der Waals surface area contributed by atoms with E-state index in [1.165, 1.54) is 5.01 Å². The largest absolute Gasteiger partial charge is 1.00 e. The Morgan fingerprint density at radius 2 is 1.77 bits per heavy atom. The molecule has 4 heteroatoms. The summed E-state index contributed by atoms with van der Waals surface area (Å²) in [5, 5.41) is 1.42. The third-order valence-corrected chi connectivity index (χ3v) is 1.20. The molecule has 0 aromatic carbocycles. The summed E-state index contributed by atoms with van der Waals surface area (Å²) in [5.74, 6) is 0.0773. The fourth-order valence-corrected chi connectivity index (χ4v) is 0.558. The molecule has 74 valence electrons. The minimum Gasteiger partial charge on any atom is -0.566 e. The standard InChI is InChI=1S/C7H15N2O.C2H6.Rb/c1-4-6-8-9(3)7(10)5-2;1-2;/h4-6H2,1-3H3;1-2H3;/q-1;;+1. The van der Waals surface area contributed by atoms with Gasteiger partial charge in [-0.2, -0.15) is 0 Å². The molecule has 0 atom stereocenters. The summed E-state index contributed by atoms with van der Waals surface area (Å²) in [6.07, 6.45) is 1.52. The Bertz CT molecular complexity index is 110. The smallest absolute Gasteiger partial charge is 0.566 e. The van der Waals surface area contributed by atoms with Crippen molar-refractivity contribution in [2.24, 2.45) is 0 Å². The predicted octanol–water partition coefficient (Wildman–Crippen LogP) is -0.416. The van der Waals surface area contributed by atoms with Crippen LogP contribution >= 0.6 is 0 Å². The van der Waals surface area contributed by atoms with Crippen molar-refractivity contribution in [2.75, 3.05) is 13.6 Å². The topological polar surface area (TPSA) is 34.4 Å². The summed E-state index contributed by atoms with van der Waals surface area (Å²) < 4.78 is 0. The van der Waals surface area contributed by atoms with Crippen LogP contribution in [0.1, 0.15) is 40.5 Å². The second-order valence-electron chi connectivity index (χ2n) is 2.14. The fraction of sp³-hybridized carbons (Fsp3) is 0.889. The van der Waals surface area contributed by atoms with Crippen LogP contribution in [0, 0.1) is 0 Å². The van der Waals surface area contributed by atoms with Crippen LogP contribution in [0.4, 0.5) is 0 Å². The zero-order chi connectivity index (χ0) is 9.98. The van der Waals surface area contributed by atoms with Gasteiger partial charge in [0.1, 0.15) is 0 Å². The maximum absolute atomic E-state index is 10.8. The molecule has 0 N–H and O–H groups in total. The Balaban J connectivity index is -0.000000309. The first-order valence-electron chi connectivity index (χ1n) is 4.66. The third-order valence-electron chi connectivity index (χ3n) is 1.20. The first kappa shape index (κ1) is 19.8. The van der Waals surface area contributed by atoms with Crippen molar-refractivity contribution in [2.45, 2.75) is 40.5 Å². The van der Waals surface area contributed by atoms with Crippen molar-refractivity contribution >= 4 is 5.91 Å². The van der Waals surface area contributed by atoms with E-state index in [1.54, 1.807) is 7.05 Å². The molecule has 0 aliphatic carbocycles. The Labute approximate surface area is 131 Å². The average Bonchev–Trinajstić information content (AvgIpc) is 2.16. The predicted molar refractivity (Wildman–Crippen MR) is 52.9 cm³/mol. The van der Waals surface area contributed by atoms with Crippen LogP contribution in [0.3, 0.4) is 0 Å². The molecule has 0 rings (SSSR count). The van der Waals surface area contributed by atoms with E-state index in [1.807, 2.05) is 27.7 Å². The Kier molecular flexibility index (Phi) is 23.9. The fourth-order valence-electron chi connectivity index (χ4n) is 0.558. The maximum Gasteiger partial charge on any atom is 1.00 e. The Morgan fingerprint density at radius 1 is 1.31 bits per heavy atom. The number of carbonyl (C=O) groups excluding carboxylic acids is 1. The monoisotopic (exact) mass is 258 g/mol. The zero-order valence-corrected chi connectivity index (χ0v) is 14.8. The molecule has 0 fully saturated rings. The van der Waals surface area contributed by atoms with Gasteiger partial charge in [-0.05, 0) is 7.05 Å². The van der Waals surface area contributed by atoms with Gasteiger partial charge in [0.2, 0.25) is 5.91 Å². The molecule has 0 aliphatic heterocycles. The van der Waals surface area contributed by atoms with Crippen molar-refractivity contribution in [3.05, 3.63) is 5.43 Å². The van der Waals surface area contributed by atoms with E-state index >= 15 is 0 Å². The van der Waals surface area contributed by atoms with Crippen molar-refractivity contribution in [3.8, 4) is 0 Å². The first-order valence-corrected chi connectivity index (χ1v) is 4.66. The summed E-state index contributed by atoms with van der Waals surface area (Å²) in [7, 11) is 1.70. The van der Waals surface area contributed by atoms with E-state index in [0.29, 0.717) is 6.42 Å². The van der Waals surface area contributed by atoms with Gasteiger partial charge in [-0.15, -0.1) is 6.54 Å². The van der Waals surface area contributed by atoms with Crippen LogP contribution in [0.5, 0.6) is 0 Å². The molecule has 0 radical (unpaired) electrons. The van der Waals surface area contributed by atoms with Crippen LogP contribution in [0.2, 0.25) is 0 Å². The molecule has 0 aromatic heterocycles. The summed E-state index contributed by atoms with van der Waals surface area (Å²) in [5.41, 5.74) is 4.00. The second kappa shape index (κ2) is 15.7. The maximum atomic E-state index is 10.8. The van der Waals surface area contributed by atoms with E-state index < -0.39 is 0 Å². The molecule has 0 spiro atoms. The van der Waals surface area contributed by atoms with Gasteiger partial charge in [0.05, 0.1) is 0 Å². The molecule has 0 bridgehead atoms. The van der Waals surface area contributed by atoms with Gasteiger partial charge in [-0.25, -0.2) is 0 Å². The van der Waals surface area contributed by atoms with Gasteiger partial charge in [-0.3, -0.25) is 4.79 Å². The summed E-state index contributed by atoms with van der Waals surface area (Å²) in [6.45, 7) is 8.61. The number of nitrogens with zero attached hydrogens (tertiary/aromatic N) is 2. The minimum absolute atomic E-state index is 0. The van der Waals surface area contributed by atoms with Gasteiger partial charge in [0.25, 0.3) is 0 Å². The number of hydrogen-bond donors (Lipinski definition) is 0. The molecule has 0 heterocycles. The van der Waals surface area contributed by atoms with Crippen LogP contribution in [-0.4, -0.2) is 24.5 Å². The van der Waals surface area contributed by atoms with Crippen LogP contribution in [0.25, 0.3) is 5.43 Å². The molecular weight excluding hydrogens is 238 g/mol. The van der Waals surface area contributed by atoms with E-state index in [0.717, 1.165) is 13.0 Å². The van der Waals surface area contributed by atoms with Crippen LogP contribution < -0.4 is 58.2 Å². The summed E-state index contributed by atoms with van der Waals surface area (Å²) >= 11 is 0. The van der Waals surface area contributed by atoms with Gasteiger partial charge < -0.3 is 10.4 Å². The molecule has 1 amide bonds. The number of hydrogen-bond acceptors (Lipinski definition) is 1. The van der Waals surface area contributed by atoms with Crippen molar-refractivity contribution in [1.82, 2.24) is 5.01 Å². The van der Waals surface area contributed by atoms with Gasteiger partial charge >= 0.3 is 58.2 Å². The molecule has 0 unspecified atom stereocenters. The first-order chi connectivity index (χ1) is 5.72. The normalized spacial score (nSPS) is 7.77. The third kappa shape index (κ3) is 13.2. The molecule has 0 saturated carbocycles. The van der Waals surface area contributed by atoms with Crippen LogP contribution in [0.15, 0.2) is 0 Å². The molecule has 13 heavy (non-hydrogen) atoms. The Hall–Kier alpha value is 1.24. The SMILES string of the molecule is CC.CCC[N-]N(C)C(=O)CC.[Rb+]. The Morgan fingerprint density at radius 3 is 2.08 bits per heavy atom. The molecule has 0 aromatic rings. The molecule has 0 saturated heterocycles. The summed E-state index contributed by atoms with van der Waals surface area (Å²) in [4.78, 5) is 10.8. The number of amides is 1. The molecule has 0 aliphatic rings. The second-order valence-corrected chi connectivity index (χ2v) is 2.14. The van der Waals surface area contributed by atoms with Gasteiger partial charge in [-0.1, -0.05) is 34.1 Å². The van der Waals surface area contributed by atoms with Crippen molar-refractivity contribution in [1.29, 1.82) is 0 Å². The van der Waals surface area contributed by atoms with E-state index in [4.69, 9.17) is 0 Å². The van der Waals surface area contributed by atoms with Gasteiger partial charge in [0.15, 0.2) is 0 Å². The summed E-state index contributed by atoms with van der Waals surface area (Å²) in [6, 6.07) is 0. The molecular formula is C9H21N2ORb. The average molecular weight is 259 g/mol. The van der Waals surface area contributed by atoms with E-state index in [2.05, 4.69) is 5.43 Å². The van der Waals surface area contributed by atoms with Crippen molar-refractivity contribution in [3.63, 3.8) is 0 Å². The van der Waals surface area contributed by atoms with E-state index in [-0.39, 0.29) is 64.1 Å². The van der Waals surface area contributed by atoms with Gasteiger partial charge in [0, 0.05) is 6.42 Å². The minimum atomic E-state index is 0. The van der Waals surface area contributed by atoms with Crippen molar-refractivity contribution < 1.29 is 63.0 Å². The van der Waals surface area contributed by atoms with E-state index in [9.17, 15) is 4.79 Å².